The Kier molecular flexibility index (Phi) is 7.81. The number of aromatic amines is 1. The summed E-state index contributed by atoms with van der Waals surface area (Å²) < 4.78 is 5.34. The largest absolute Gasteiger partial charge is 0.497 e. The minimum absolute atomic E-state index is 0.330. The van der Waals surface area contributed by atoms with Gasteiger partial charge in [0.05, 0.1) is 13.3 Å². The Balaban J connectivity index is 0.00000126. The summed E-state index contributed by atoms with van der Waals surface area (Å²) in [7, 11) is 1.70. The zero-order valence-corrected chi connectivity index (χ0v) is 20.3. The van der Waals surface area contributed by atoms with E-state index in [0.717, 1.165) is 35.4 Å². The first-order valence-electron chi connectivity index (χ1n) is 12.6. The number of aromatic nitrogens is 2. The van der Waals surface area contributed by atoms with E-state index in [9.17, 15) is 0 Å². The van der Waals surface area contributed by atoms with Crippen molar-refractivity contribution in [1.29, 1.82) is 5.41 Å². The van der Waals surface area contributed by atoms with Gasteiger partial charge in [-0.1, -0.05) is 32.0 Å². The molecular weight excluding hydrogens is 408 g/mol. The van der Waals surface area contributed by atoms with Gasteiger partial charge >= 0.3 is 0 Å². The van der Waals surface area contributed by atoms with Crippen LogP contribution in [-0.2, 0) is 0 Å². The van der Waals surface area contributed by atoms with Crippen molar-refractivity contribution in [3.8, 4) is 5.75 Å². The predicted octanol–water partition coefficient (Wildman–Crippen LogP) is 6.40. The van der Waals surface area contributed by atoms with E-state index in [4.69, 9.17) is 10.1 Å². The minimum atomic E-state index is 0.330. The Morgan fingerprint density at radius 1 is 1.03 bits per heavy atom. The molecule has 2 N–H and O–H groups in total. The number of nitrogens with zero attached hydrogens (tertiary/aromatic N) is 2. The molecule has 5 heteroatoms. The van der Waals surface area contributed by atoms with Crippen molar-refractivity contribution in [3.05, 3.63) is 59.9 Å². The Hall–Kier alpha value is -2.66. The normalized spacial score (nSPS) is 23.5. The number of likely N-dealkylation sites (tertiary alicyclic amines) is 1. The highest BCUT2D eigenvalue weighted by molar-refractivity contribution is 6.03. The second-order valence-electron chi connectivity index (χ2n) is 9.21. The molecule has 2 aliphatic rings. The van der Waals surface area contributed by atoms with Crippen molar-refractivity contribution in [2.24, 2.45) is 5.92 Å². The first-order valence-corrected chi connectivity index (χ1v) is 12.6. The number of H-pyrrole nitrogens is 1. The molecule has 0 spiro atoms. The van der Waals surface area contributed by atoms with Crippen LogP contribution in [0.25, 0.3) is 10.8 Å². The first-order chi connectivity index (χ1) is 16.2. The van der Waals surface area contributed by atoms with Gasteiger partial charge in [-0.25, -0.2) is 0 Å². The van der Waals surface area contributed by atoms with E-state index >= 15 is 0 Å². The van der Waals surface area contributed by atoms with E-state index in [1.807, 2.05) is 26.1 Å². The molecule has 176 valence electrons. The van der Waals surface area contributed by atoms with Gasteiger partial charge in [0.25, 0.3) is 0 Å². The van der Waals surface area contributed by atoms with Crippen LogP contribution < -0.4 is 4.74 Å². The molecule has 1 saturated heterocycles. The Bertz CT molecular complexity index is 1040. The van der Waals surface area contributed by atoms with Gasteiger partial charge in [0.1, 0.15) is 5.75 Å². The maximum absolute atomic E-state index is 8.95. The third-order valence-corrected chi connectivity index (χ3v) is 7.42. The summed E-state index contributed by atoms with van der Waals surface area (Å²) in [6.07, 6.45) is 11.4. The topological polar surface area (TPSA) is 65.0 Å². The van der Waals surface area contributed by atoms with Gasteiger partial charge in [-0.15, -0.1) is 0 Å². The lowest BCUT2D eigenvalue weighted by atomic mass is 9.80. The molecule has 1 aromatic heterocycles. The average molecular weight is 447 g/mol. The van der Waals surface area contributed by atoms with Gasteiger partial charge in [-0.05, 0) is 91.1 Å². The van der Waals surface area contributed by atoms with Crippen LogP contribution in [0.1, 0.15) is 69.4 Å². The zero-order valence-electron chi connectivity index (χ0n) is 20.3. The van der Waals surface area contributed by atoms with E-state index in [0.29, 0.717) is 17.9 Å². The molecule has 33 heavy (non-hydrogen) atoms. The van der Waals surface area contributed by atoms with Crippen LogP contribution in [0.5, 0.6) is 5.75 Å². The smallest absolute Gasteiger partial charge is 0.119 e. The maximum atomic E-state index is 8.95. The lowest BCUT2D eigenvalue weighted by Crippen LogP contribution is -2.45. The van der Waals surface area contributed by atoms with Crippen LogP contribution in [0.2, 0.25) is 0 Å². The molecule has 5 nitrogen and oxygen atoms in total. The third kappa shape index (κ3) is 5.30. The molecule has 1 aliphatic heterocycles. The highest BCUT2D eigenvalue weighted by Gasteiger charge is 2.31. The highest BCUT2D eigenvalue weighted by Crippen LogP contribution is 2.36. The van der Waals surface area contributed by atoms with Crippen molar-refractivity contribution in [3.63, 3.8) is 0 Å². The van der Waals surface area contributed by atoms with E-state index in [1.54, 1.807) is 7.11 Å². The molecule has 0 amide bonds. The molecule has 3 aromatic rings. The van der Waals surface area contributed by atoms with E-state index in [2.05, 4.69) is 51.6 Å². The fraction of sp³-hybridized carbons (Fsp3) is 0.500. The summed E-state index contributed by atoms with van der Waals surface area (Å²) in [5.74, 6) is 1.86. The molecule has 1 aliphatic carbocycles. The van der Waals surface area contributed by atoms with E-state index < -0.39 is 0 Å². The number of fused-ring (bicyclic) bond motifs is 1. The number of hydrogen-bond acceptors (Lipinski definition) is 4. The van der Waals surface area contributed by atoms with Crippen LogP contribution in [0.3, 0.4) is 0 Å². The number of methoxy groups -OCH3 is 1. The summed E-state index contributed by atoms with van der Waals surface area (Å²) in [5.41, 5.74) is 3.23. The van der Waals surface area contributed by atoms with Crippen molar-refractivity contribution < 1.29 is 4.74 Å². The standard InChI is InChI=1S/C26H32N4O.C2H6/c1-31-25-11-8-19-13-21(5-4-20(19)14-25)26(27)22-3-2-12-30(17-22)24-9-6-18(7-10-24)23-15-28-29-16-23;1-2/h4-5,8,11,13-16,18,22,24,27H,2-3,6-7,9-10,12,17H2,1H3,(H,28,29);1-2H3. The summed E-state index contributed by atoms with van der Waals surface area (Å²) >= 11 is 0. The highest BCUT2D eigenvalue weighted by atomic mass is 16.5. The lowest BCUT2D eigenvalue weighted by molar-refractivity contribution is 0.111. The van der Waals surface area contributed by atoms with E-state index in [-0.39, 0.29) is 0 Å². The SMILES string of the molecule is CC.COc1ccc2cc(C(=N)C3CCCN(C4CCC(c5cn[nH]c5)CC4)C3)ccc2c1. The number of rotatable bonds is 5. The quantitative estimate of drug-likeness (QED) is 0.445. The van der Waals surface area contributed by atoms with Gasteiger partial charge in [-0.2, -0.15) is 5.10 Å². The molecule has 5 rings (SSSR count). The van der Waals surface area contributed by atoms with Gasteiger partial charge in [0.15, 0.2) is 0 Å². The fourth-order valence-electron chi connectivity index (χ4n) is 5.59. The maximum Gasteiger partial charge on any atom is 0.119 e. The number of piperidine rings is 1. The number of ether oxygens (including phenoxy) is 1. The Morgan fingerprint density at radius 2 is 1.79 bits per heavy atom. The number of nitrogens with one attached hydrogen (secondary N) is 2. The molecular formula is C28H38N4O. The summed E-state index contributed by atoms with van der Waals surface area (Å²) in [6.45, 7) is 6.21. The van der Waals surface area contributed by atoms with Crippen molar-refractivity contribution in [1.82, 2.24) is 15.1 Å². The van der Waals surface area contributed by atoms with Crippen molar-refractivity contribution >= 4 is 16.5 Å². The van der Waals surface area contributed by atoms with Crippen molar-refractivity contribution in [2.45, 2.75) is 64.3 Å². The first kappa shape index (κ1) is 23.5. The minimum Gasteiger partial charge on any atom is -0.497 e. The molecule has 2 fully saturated rings. The fourth-order valence-corrected chi connectivity index (χ4v) is 5.59. The molecule has 2 heterocycles. The lowest BCUT2D eigenvalue weighted by Gasteiger charge is -2.41. The zero-order chi connectivity index (χ0) is 23.2. The molecule has 2 aromatic carbocycles. The van der Waals surface area contributed by atoms with Gasteiger partial charge < -0.3 is 10.1 Å². The summed E-state index contributed by atoms with van der Waals surface area (Å²) in [5, 5.41) is 18.4. The van der Waals surface area contributed by atoms with Gasteiger partial charge in [0.2, 0.25) is 0 Å². The van der Waals surface area contributed by atoms with Crippen LogP contribution in [-0.4, -0.2) is 47.1 Å². The molecule has 1 atom stereocenters. The van der Waals surface area contributed by atoms with Gasteiger partial charge in [-0.3, -0.25) is 10.00 Å². The molecule has 1 saturated carbocycles. The summed E-state index contributed by atoms with van der Waals surface area (Å²) in [4.78, 5) is 2.68. The molecule has 0 radical (unpaired) electrons. The third-order valence-electron chi connectivity index (χ3n) is 7.42. The van der Waals surface area contributed by atoms with Crippen LogP contribution in [0.4, 0.5) is 0 Å². The second-order valence-corrected chi connectivity index (χ2v) is 9.21. The van der Waals surface area contributed by atoms with Crippen molar-refractivity contribution in [2.75, 3.05) is 20.2 Å². The van der Waals surface area contributed by atoms with Crippen LogP contribution in [0, 0.1) is 11.3 Å². The summed E-state index contributed by atoms with van der Waals surface area (Å²) in [6, 6.07) is 13.2. The second kappa shape index (κ2) is 11.0. The van der Waals surface area contributed by atoms with Gasteiger partial charge in [0, 0.05) is 30.4 Å². The predicted molar refractivity (Wildman–Crippen MR) is 137 cm³/mol. The monoisotopic (exact) mass is 446 g/mol. The Labute approximate surface area is 198 Å². The molecule has 0 bridgehead atoms. The molecule has 1 unspecified atom stereocenters. The average Bonchev–Trinajstić information content (AvgIpc) is 3.44. The Morgan fingerprint density at radius 3 is 2.52 bits per heavy atom. The van der Waals surface area contributed by atoms with Crippen LogP contribution >= 0.6 is 0 Å². The van der Waals surface area contributed by atoms with E-state index in [1.165, 1.54) is 49.6 Å². The number of hydrogen-bond donors (Lipinski definition) is 2. The van der Waals surface area contributed by atoms with Crippen LogP contribution in [0.15, 0.2) is 48.8 Å². The number of benzene rings is 2.